The lowest BCUT2D eigenvalue weighted by molar-refractivity contribution is -0.136. The first-order valence-electron chi connectivity index (χ1n) is 19.1. The number of imide groups is 1. The number of carbonyl (C=O) groups excluding carboxylic acids is 3. The molecule has 9 rings (SSSR count). The van der Waals surface area contributed by atoms with E-state index < -0.39 is 15.5 Å². The van der Waals surface area contributed by atoms with Gasteiger partial charge in [0, 0.05) is 78.8 Å². The molecule has 12 nitrogen and oxygen atoms in total. The summed E-state index contributed by atoms with van der Waals surface area (Å²) in [6.45, 7) is 4.73. The predicted molar refractivity (Wildman–Crippen MR) is 223 cm³/mol. The quantitative estimate of drug-likeness (QED) is 0.103. The summed E-state index contributed by atoms with van der Waals surface area (Å²) in [5.74, 6) is 0.989. The largest absolute Gasteiger partial charge is 0.496 e. The highest BCUT2D eigenvalue weighted by Gasteiger charge is 2.46. The number of thiol groups is 3. The van der Waals surface area contributed by atoms with Crippen LogP contribution < -0.4 is 25.2 Å². The molecule has 15 heteroatoms. The molecule has 2 aromatic carbocycles. The van der Waals surface area contributed by atoms with Crippen molar-refractivity contribution in [2.75, 3.05) is 45.3 Å². The fraction of sp³-hybridized carbons (Fsp3) is 0.439. The van der Waals surface area contributed by atoms with Crippen LogP contribution in [-0.2, 0) is 26.2 Å². The molecule has 4 fully saturated rings. The number of nitrogens with zero attached hydrogens (tertiary/aromatic N) is 5. The normalized spacial score (nSPS) is 21.0. The van der Waals surface area contributed by atoms with Crippen LogP contribution in [0, 0.1) is 5.41 Å². The lowest BCUT2D eigenvalue weighted by Gasteiger charge is -2.55. The van der Waals surface area contributed by atoms with Crippen molar-refractivity contribution in [1.82, 2.24) is 24.7 Å². The molecule has 6 heterocycles. The van der Waals surface area contributed by atoms with E-state index in [2.05, 4.69) is 64.1 Å². The summed E-state index contributed by atoms with van der Waals surface area (Å²) in [6, 6.07) is 11.5. The number of amides is 3. The van der Waals surface area contributed by atoms with E-state index in [1.165, 1.54) is 4.57 Å². The van der Waals surface area contributed by atoms with Gasteiger partial charge in [-0.05, 0) is 92.0 Å². The van der Waals surface area contributed by atoms with Gasteiger partial charge in [-0.3, -0.25) is 38.9 Å². The standard InChI is InChI=1S/C41H44N6O6S3/c1-52-34-13-25(30-20-47(41(54,55)56)39(51)29-17-42-32(16-28(29)30)23-3-4-23)14-35(53-2)31(34)19-44-11-9-40(10-12-44)21-45(22-40)26-6-5-24-18-46(38(50)27(24)15-26)33-7-8-36(48)43-37(33)49/h5-6,13-17,20,23,33,54-56H,3-4,7-12,18-19,21-22H2,1-2H3,(H,43,48,49). The minimum atomic E-state index is -1.34. The van der Waals surface area contributed by atoms with Crippen LogP contribution in [0.2, 0.25) is 0 Å². The van der Waals surface area contributed by atoms with Crippen molar-refractivity contribution in [3.05, 3.63) is 81.5 Å². The van der Waals surface area contributed by atoms with Crippen LogP contribution in [0.25, 0.3) is 21.9 Å². The monoisotopic (exact) mass is 812 g/mol. The molecule has 1 unspecified atom stereocenters. The minimum absolute atomic E-state index is 0.147. The summed E-state index contributed by atoms with van der Waals surface area (Å²) in [5, 5.41) is 3.64. The van der Waals surface area contributed by atoms with Gasteiger partial charge in [-0.25, -0.2) is 0 Å². The second-order valence-electron chi connectivity index (χ2n) is 16.0. The number of nitrogens with one attached hydrogen (secondary N) is 1. The van der Waals surface area contributed by atoms with Crippen LogP contribution in [0.15, 0.2) is 53.6 Å². The molecule has 4 aliphatic heterocycles. The Hall–Kier alpha value is -4.18. The van der Waals surface area contributed by atoms with Crippen LogP contribution >= 0.6 is 37.9 Å². The maximum atomic E-state index is 13.6. The van der Waals surface area contributed by atoms with Crippen molar-refractivity contribution in [1.29, 1.82) is 0 Å². The molecule has 2 aromatic heterocycles. The average molecular weight is 813 g/mol. The molecule has 1 aliphatic carbocycles. The number of carbonyl (C=O) groups is 3. The Morgan fingerprint density at radius 3 is 2.27 bits per heavy atom. The number of pyridine rings is 2. The van der Waals surface area contributed by atoms with Crippen molar-refractivity contribution in [3.63, 3.8) is 0 Å². The Balaban J connectivity index is 0.897. The van der Waals surface area contributed by atoms with Gasteiger partial charge in [0.15, 0.2) is 3.54 Å². The molecule has 1 saturated carbocycles. The van der Waals surface area contributed by atoms with Crippen molar-refractivity contribution in [2.45, 2.75) is 67.1 Å². The van der Waals surface area contributed by atoms with Crippen LogP contribution in [0.5, 0.6) is 11.5 Å². The maximum absolute atomic E-state index is 13.6. The van der Waals surface area contributed by atoms with Gasteiger partial charge in [-0.2, -0.15) is 0 Å². The van der Waals surface area contributed by atoms with E-state index in [4.69, 9.17) is 9.47 Å². The molecule has 0 bridgehead atoms. The van der Waals surface area contributed by atoms with Gasteiger partial charge >= 0.3 is 0 Å². The predicted octanol–water partition coefficient (Wildman–Crippen LogP) is 5.18. The molecule has 4 aromatic rings. The topological polar surface area (TPSA) is 126 Å². The maximum Gasteiger partial charge on any atom is 0.262 e. The summed E-state index contributed by atoms with van der Waals surface area (Å²) in [4.78, 5) is 62.1. The Kier molecular flexibility index (Phi) is 9.37. The van der Waals surface area contributed by atoms with Crippen molar-refractivity contribution in [3.8, 4) is 22.6 Å². The first-order chi connectivity index (χ1) is 26.8. The Morgan fingerprint density at radius 2 is 1.62 bits per heavy atom. The number of rotatable bonds is 9. The smallest absolute Gasteiger partial charge is 0.262 e. The summed E-state index contributed by atoms with van der Waals surface area (Å²) in [7, 11) is 3.34. The molecule has 292 valence electrons. The van der Waals surface area contributed by atoms with Gasteiger partial charge in [-0.15, -0.1) is 37.9 Å². The average Bonchev–Trinajstić information content (AvgIpc) is 3.97. The van der Waals surface area contributed by atoms with E-state index in [1.54, 1.807) is 31.5 Å². The first-order valence-corrected chi connectivity index (χ1v) is 20.4. The summed E-state index contributed by atoms with van der Waals surface area (Å²) in [6.07, 6.45) is 8.28. The number of benzene rings is 2. The van der Waals surface area contributed by atoms with Gasteiger partial charge in [0.2, 0.25) is 11.8 Å². The Labute approximate surface area is 341 Å². The van der Waals surface area contributed by atoms with Crippen molar-refractivity contribution < 1.29 is 23.9 Å². The van der Waals surface area contributed by atoms with Gasteiger partial charge in [0.25, 0.3) is 11.5 Å². The third kappa shape index (κ3) is 6.63. The molecule has 5 aliphatic rings. The van der Waals surface area contributed by atoms with E-state index in [1.807, 2.05) is 30.3 Å². The number of hydrogen-bond donors (Lipinski definition) is 4. The second-order valence-corrected chi connectivity index (χ2v) is 19.0. The fourth-order valence-electron chi connectivity index (χ4n) is 9.01. The third-order valence-corrected chi connectivity index (χ3v) is 13.0. The molecular formula is C41H44N6O6S3. The van der Waals surface area contributed by atoms with Crippen LogP contribution in [-0.4, -0.2) is 83.5 Å². The van der Waals surface area contributed by atoms with E-state index in [0.717, 1.165) is 90.9 Å². The van der Waals surface area contributed by atoms with Crippen molar-refractivity contribution in [2.24, 2.45) is 5.41 Å². The number of methoxy groups -OCH3 is 2. The molecular weight excluding hydrogens is 769 g/mol. The van der Waals surface area contributed by atoms with E-state index in [-0.39, 0.29) is 29.2 Å². The molecule has 1 spiro atoms. The highest BCUT2D eigenvalue weighted by Crippen LogP contribution is 2.46. The Morgan fingerprint density at radius 1 is 0.911 bits per heavy atom. The van der Waals surface area contributed by atoms with Crippen LogP contribution in [0.4, 0.5) is 5.69 Å². The number of likely N-dealkylation sites (tertiary alicyclic amines) is 1. The van der Waals surface area contributed by atoms with Crippen molar-refractivity contribution >= 4 is 72.1 Å². The zero-order chi connectivity index (χ0) is 39.1. The van der Waals surface area contributed by atoms with E-state index in [0.29, 0.717) is 47.9 Å². The lowest BCUT2D eigenvalue weighted by atomic mass is 9.71. The zero-order valence-electron chi connectivity index (χ0n) is 31.3. The highest BCUT2D eigenvalue weighted by molar-refractivity contribution is 8.15. The molecule has 56 heavy (non-hydrogen) atoms. The summed E-state index contributed by atoms with van der Waals surface area (Å²) in [5.41, 5.74) is 6.10. The first kappa shape index (κ1) is 37.4. The lowest BCUT2D eigenvalue weighted by Crippen LogP contribution is -2.60. The molecule has 3 amide bonds. The van der Waals surface area contributed by atoms with Crippen LogP contribution in [0.1, 0.15) is 71.6 Å². The zero-order valence-corrected chi connectivity index (χ0v) is 34.0. The van der Waals surface area contributed by atoms with Gasteiger partial charge in [0.05, 0.1) is 25.2 Å². The minimum Gasteiger partial charge on any atom is -0.496 e. The van der Waals surface area contributed by atoms with Gasteiger partial charge < -0.3 is 19.3 Å². The summed E-state index contributed by atoms with van der Waals surface area (Å²) < 4.78 is 12.1. The number of anilines is 1. The van der Waals surface area contributed by atoms with Crippen LogP contribution in [0.3, 0.4) is 0 Å². The number of hydrogen-bond acceptors (Lipinski definition) is 12. The number of piperidine rings is 2. The Bertz CT molecular complexity index is 2330. The molecule has 1 N–H and O–H groups in total. The highest BCUT2D eigenvalue weighted by atomic mass is 32.2. The molecule has 3 saturated heterocycles. The van der Waals surface area contributed by atoms with E-state index >= 15 is 0 Å². The number of aromatic nitrogens is 2. The van der Waals surface area contributed by atoms with E-state index in [9.17, 15) is 19.2 Å². The van der Waals surface area contributed by atoms with Gasteiger partial charge in [-0.1, -0.05) is 6.07 Å². The molecule has 0 radical (unpaired) electrons. The second kappa shape index (κ2) is 14.0. The number of fused-ring (bicyclic) bond motifs is 2. The third-order valence-electron chi connectivity index (χ3n) is 12.4. The summed E-state index contributed by atoms with van der Waals surface area (Å²) >= 11 is 13.5. The molecule has 1 atom stereocenters. The van der Waals surface area contributed by atoms with Gasteiger partial charge in [0.1, 0.15) is 17.5 Å². The fourth-order valence-corrected chi connectivity index (χ4v) is 9.46. The SMILES string of the molecule is COc1cc(-c2cn(C(S)(S)S)c(=O)c3cnc(C4CC4)cc23)cc(OC)c1CN1CCC2(CC1)CN(c1ccc3c(c1)C(=O)N(C1CCC(=O)NC1=O)C3)C2. The number of ether oxygens (including phenoxy) is 2.